The lowest BCUT2D eigenvalue weighted by Gasteiger charge is -2.43. The van der Waals surface area contributed by atoms with Gasteiger partial charge in [-0.1, -0.05) is 36.2 Å². The van der Waals surface area contributed by atoms with Gasteiger partial charge in [0.05, 0.1) is 28.6 Å². The fourth-order valence-corrected chi connectivity index (χ4v) is 4.33. The number of rotatable bonds is 5. The molecule has 0 aromatic heterocycles. The van der Waals surface area contributed by atoms with Crippen LogP contribution in [0.5, 0.6) is 0 Å². The summed E-state index contributed by atoms with van der Waals surface area (Å²) in [5, 5.41) is 14.3. The Morgan fingerprint density at radius 2 is 2.12 bits per heavy atom. The predicted molar refractivity (Wildman–Crippen MR) is 105 cm³/mol. The standard InChI is InChI=1S/C19H27Cl2N3O2/c1-2-17-18(12-23-7-5-14(25)11-23)24(8-6-22-17)19(26)10-13-3-4-15(20)16(21)9-13/h3-4,9,14,17-18,22,25H,2,5-8,10-12H2,1H3. The first-order chi connectivity index (χ1) is 12.5. The van der Waals surface area contributed by atoms with Gasteiger partial charge < -0.3 is 15.3 Å². The molecule has 0 bridgehead atoms. The molecule has 0 saturated carbocycles. The van der Waals surface area contributed by atoms with Gasteiger partial charge in [-0.3, -0.25) is 9.69 Å². The maximum Gasteiger partial charge on any atom is 0.227 e. The Bertz CT molecular complexity index is 643. The van der Waals surface area contributed by atoms with E-state index in [-0.39, 0.29) is 24.1 Å². The van der Waals surface area contributed by atoms with Gasteiger partial charge in [-0.25, -0.2) is 0 Å². The van der Waals surface area contributed by atoms with Crippen LogP contribution < -0.4 is 5.32 Å². The number of carbonyl (C=O) groups excluding carboxylic acids is 1. The summed E-state index contributed by atoms with van der Waals surface area (Å²) in [6.07, 6.45) is 1.87. The van der Waals surface area contributed by atoms with Gasteiger partial charge in [0, 0.05) is 38.8 Å². The van der Waals surface area contributed by atoms with E-state index < -0.39 is 0 Å². The summed E-state index contributed by atoms with van der Waals surface area (Å²) in [5.74, 6) is 0.119. The van der Waals surface area contributed by atoms with E-state index in [0.29, 0.717) is 29.6 Å². The Kier molecular flexibility index (Phi) is 6.81. The molecule has 2 aliphatic heterocycles. The summed E-state index contributed by atoms with van der Waals surface area (Å²) in [4.78, 5) is 17.3. The second kappa shape index (κ2) is 8.89. The van der Waals surface area contributed by atoms with Gasteiger partial charge in [0.2, 0.25) is 5.91 Å². The molecular formula is C19H27Cl2N3O2. The summed E-state index contributed by atoms with van der Waals surface area (Å²) in [6.45, 7) is 6.05. The van der Waals surface area contributed by atoms with Crippen LogP contribution in [0.4, 0.5) is 0 Å². The van der Waals surface area contributed by atoms with Crippen molar-refractivity contribution < 1.29 is 9.90 Å². The lowest BCUT2D eigenvalue weighted by molar-refractivity contribution is -0.135. The predicted octanol–water partition coefficient (Wildman–Crippen LogP) is 2.18. The Balaban J connectivity index is 1.71. The number of β-amino-alcohol motifs (C(OH)–C–C–N with tert-alkyl or cyclic N) is 1. The highest BCUT2D eigenvalue weighted by Crippen LogP contribution is 2.24. The average molecular weight is 400 g/mol. The van der Waals surface area contributed by atoms with Crippen molar-refractivity contribution in [2.45, 2.75) is 44.4 Å². The van der Waals surface area contributed by atoms with Gasteiger partial charge in [-0.2, -0.15) is 0 Å². The Morgan fingerprint density at radius 1 is 1.31 bits per heavy atom. The summed E-state index contributed by atoms with van der Waals surface area (Å²) < 4.78 is 0. The fourth-order valence-electron chi connectivity index (χ4n) is 4.01. The number of nitrogens with one attached hydrogen (secondary N) is 1. The third-order valence-corrected chi connectivity index (χ3v) is 6.16. The van der Waals surface area contributed by atoms with E-state index in [1.807, 2.05) is 11.0 Å². The van der Waals surface area contributed by atoms with Crippen LogP contribution in [-0.2, 0) is 11.2 Å². The van der Waals surface area contributed by atoms with Crippen molar-refractivity contribution >= 4 is 29.1 Å². The molecule has 0 radical (unpaired) electrons. The van der Waals surface area contributed by atoms with E-state index in [9.17, 15) is 9.90 Å². The topological polar surface area (TPSA) is 55.8 Å². The SMILES string of the molecule is CCC1NCCN(C(=O)Cc2ccc(Cl)c(Cl)c2)C1CN1CCC(O)C1. The number of benzene rings is 1. The van der Waals surface area contributed by atoms with Crippen molar-refractivity contribution in [3.05, 3.63) is 33.8 Å². The van der Waals surface area contributed by atoms with Gasteiger partial charge in [0.25, 0.3) is 0 Å². The van der Waals surface area contributed by atoms with E-state index in [2.05, 4.69) is 17.1 Å². The van der Waals surface area contributed by atoms with Gasteiger partial charge >= 0.3 is 0 Å². The van der Waals surface area contributed by atoms with Crippen LogP contribution in [0.2, 0.25) is 10.0 Å². The molecule has 26 heavy (non-hydrogen) atoms. The summed E-state index contributed by atoms with van der Waals surface area (Å²) in [7, 11) is 0. The zero-order valence-electron chi connectivity index (χ0n) is 15.1. The molecule has 2 heterocycles. The van der Waals surface area contributed by atoms with Crippen LogP contribution in [0.15, 0.2) is 18.2 Å². The molecule has 1 aromatic rings. The summed E-state index contributed by atoms with van der Waals surface area (Å²) in [6, 6.07) is 5.76. The fraction of sp³-hybridized carbons (Fsp3) is 0.632. The quantitative estimate of drug-likeness (QED) is 0.796. The number of hydrogen-bond acceptors (Lipinski definition) is 4. The van der Waals surface area contributed by atoms with E-state index >= 15 is 0 Å². The minimum atomic E-state index is -0.244. The van der Waals surface area contributed by atoms with E-state index in [1.165, 1.54) is 0 Å². The molecule has 144 valence electrons. The second-order valence-corrected chi connectivity index (χ2v) is 8.07. The van der Waals surface area contributed by atoms with Gasteiger partial charge in [-0.05, 0) is 30.5 Å². The number of carbonyl (C=O) groups is 1. The molecule has 3 unspecified atom stereocenters. The maximum atomic E-state index is 13.0. The van der Waals surface area contributed by atoms with Crippen LogP contribution in [0.3, 0.4) is 0 Å². The van der Waals surface area contributed by atoms with Crippen LogP contribution in [0, 0.1) is 0 Å². The number of hydrogen-bond donors (Lipinski definition) is 2. The molecule has 1 aromatic carbocycles. The van der Waals surface area contributed by atoms with Crippen molar-refractivity contribution in [2.75, 3.05) is 32.7 Å². The van der Waals surface area contributed by atoms with Crippen molar-refractivity contribution in [3.8, 4) is 0 Å². The molecule has 0 spiro atoms. The number of likely N-dealkylation sites (tertiary alicyclic amines) is 1. The third kappa shape index (κ3) is 4.70. The Labute approximate surface area is 165 Å². The average Bonchev–Trinajstić information content (AvgIpc) is 3.03. The molecule has 2 aliphatic rings. The van der Waals surface area contributed by atoms with Crippen molar-refractivity contribution in [3.63, 3.8) is 0 Å². The minimum absolute atomic E-state index is 0.119. The molecule has 2 fully saturated rings. The zero-order valence-corrected chi connectivity index (χ0v) is 16.6. The van der Waals surface area contributed by atoms with Crippen LogP contribution in [0.1, 0.15) is 25.3 Å². The molecule has 3 rings (SSSR count). The highest BCUT2D eigenvalue weighted by molar-refractivity contribution is 6.42. The molecular weight excluding hydrogens is 373 g/mol. The van der Waals surface area contributed by atoms with E-state index in [0.717, 1.165) is 38.0 Å². The van der Waals surface area contributed by atoms with Gasteiger partial charge in [0.15, 0.2) is 0 Å². The lowest BCUT2D eigenvalue weighted by Crippen LogP contribution is -2.62. The number of nitrogens with zero attached hydrogens (tertiary/aromatic N) is 2. The molecule has 2 N–H and O–H groups in total. The number of piperazine rings is 1. The molecule has 0 aliphatic carbocycles. The van der Waals surface area contributed by atoms with Crippen LogP contribution >= 0.6 is 23.2 Å². The Hall–Kier alpha value is -0.850. The Morgan fingerprint density at radius 3 is 2.77 bits per heavy atom. The monoisotopic (exact) mass is 399 g/mol. The third-order valence-electron chi connectivity index (χ3n) is 5.42. The van der Waals surface area contributed by atoms with E-state index in [4.69, 9.17) is 23.2 Å². The van der Waals surface area contributed by atoms with Crippen molar-refractivity contribution in [1.29, 1.82) is 0 Å². The smallest absolute Gasteiger partial charge is 0.227 e. The zero-order chi connectivity index (χ0) is 18.7. The summed E-state index contributed by atoms with van der Waals surface area (Å²) in [5.41, 5.74) is 0.881. The number of amides is 1. The molecule has 2 saturated heterocycles. The van der Waals surface area contributed by atoms with Gasteiger partial charge in [0.1, 0.15) is 0 Å². The second-order valence-electron chi connectivity index (χ2n) is 7.25. The largest absolute Gasteiger partial charge is 0.392 e. The highest BCUT2D eigenvalue weighted by atomic mass is 35.5. The number of halogens is 2. The van der Waals surface area contributed by atoms with Crippen LogP contribution in [-0.4, -0.2) is 71.7 Å². The first kappa shape index (κ1) is 19.9. The maximum absolute atomic E-state index is 13.0. The summed E-state index contributed by atoms with van der Waals surface area (Å²) >= 11 is 12.1. The first-order valence-electron chi connectivity index (χ1n) is 9.35. The van der Waals surface area contributed by atoms with E-state index in [1.54, 1.807) is 12.1 Å². The molecule has 1 amide bonds. The number of aliphatic hydroxyl groups is 1. The van der Waals surface area contributed by atoms with Crippen LogP contribution in [0.25, 0.3) is 0 Å². The minimum Gasteiger partial charge on any atom is -0.392 e. The first-order valence-corrected chi connectivity index (χ1v) is 10.1. The highest BCUT2D eigenvalue weighted by Gasteiger charge is 2.35. The molecule has 7 heteroatoms. The van der Waals surface area contributed by atoms with Gasteiger partial charge in [-0.15, -0.1) is 0 Å². The van der Waals surface area contributed by atoms with Crippen molar-refractivity contribution in [1.82, 2.24) is 15.1 Å². The van der Waals surface area contributed by atoms with Crippen molar-refractivity contribution in [2.24, 2.45) is 0 Å². The normalized spacial score (nSPS) is 27.1. The molecule has 5 nitrogen and oxygen atoms in total. The lowest BCUT2D eigenvalue weighted by atomic mass is 9.99. The molecule has 3 atom stereocenters. The number of aliphatic hydroxyl groups excluding tert-OH is 1.